The van der Waals surface area contributed by atoms with Crippen LogP contribution in [-0.4, -0.2) is 38.6 Å². The quantitative estimate of drug-likeness (QED) is 0.368. The van der Waals surface area contributed by atoms with Crippen molar-refractivity contribution < 1.29 is 13.9 Å². The number of amides is 1. The van der Waals surface area contributed by atoms with Crippen LogP contribution >= 0.6 is 0 Å². The number of guanidine groups is 1. The first-order valence-electron chi connectivity index (χ1n) is 8.17. The van der Waals surface area contributed by atoms with E-state index in [4.69, 9.17) is 9.15 Å². The van der Waals surface area contributed by atoms with Crippen LogP contribution in [0.4, 0.5) is 5.69 Å². The van der Waals surface area contributed by atoms with Gasteiger partial charge in [-0.3, -0.25) is 9.79 Å². The van der Waals surface area contributed by atoms with E-state index in [2.05, 4.69) is 20.9 Å². The van der Waals surface area contributed by atoms with E-state index >= 15 is 0 Å². The van der Waals surface area contributed by atoms with Crippen molar-refractivity contribution in [2.75, 3.05) is 32.1 Å². The summed E-state index contributed by atoms with van der Waals surface area (Å²) in [6, 6.07) is 13.0. The molecular weight excluding hydrogens is 320 g/mol. The van der Waals surface area contributed by atoms with Crippen LogP contribution < -0.4 is 16.0 Å². The molecule has 1 aromatic heterocycles. The second-order valence-corrected chi connectivity index (χ2v) is 5.25. The Morgan fingerprint density at radius 1 is 1.16 bits per heavy atom. The van der Waals surface area contributed by atoms with Crippen LogP contribution in [0.2, 0.25) is 0 Å². The Hall–Kier alpha value is -2.80. The molecule has 0 spiro atoms. The minimum absolute atomic E-state index is 0.129. The molecule has 0 atom stereocenters. The van der Waals surface area contributed by atoms with Crippen LogP contribution in [0.15, 0.2) is 58.1 Å². The van der Waals surface area contributed by atoms with Crippen molar-refractivity contribution in [3.05, 3.63) is 54.5 Å². The number of anilines is 1. The van der Waals surface area contributed by atoms with Crippen molar-refractivity contribution in [1.29, 1.82) is 0 Å². The van der Waals surface area contributed by atoms with Crippen molar-refractivity contribution in [2.45, 2.75) is 13.0 Å². The number of nitrogens with one attached hydrogen (secondary N) is 3. The molecule has 2 rings (SSSR count). The van der Waals surface area contributed by atoms with E-state index in [1.54, 1.807) is 13.3 Å². The molecule has 0 aliphatic heterocycles. The van der Waals surface area contributed by atoms with Crippen molar-refractivity contribution in [3.63, 3.8) is 0 Å². The molecule has 0 saturated carbocycles. The third-order valence-electron chi connectivity index (χ3n) is 3.28. The topological polar surface area (TPSA) is 87.9 Å². The van der Waals surface area contributed by atoms with E-state index in [1.165, 1.54) is 0 Å². The van der Waals surface area contributed by atoms with Crippen LogP contribution in [-0.2, 0) is 16.1 Å². The number of rotatable bonds is 9. The Labute approximate surface area is 147 Å². The maximum atomic E-state index is 11.9. The summed E-state index contributed by atoms with van der Waals surface area (Å²) in [6.07, 6.45) is 2.45. The summed E-state index contributed by atoms with van der Waals surface area (Å²) in [4.78, 5) is 16.0. The summed E-state index contributed by atoms with van der Waals surface area (Å²) in [7, 11) is 1.66. The molecule has 3 N–H and O–H groups in total. The molecule has 2 aromatic rings. The maximum Gasteiger partial charge on any atom is 0.243 e. The van der Waals surface area contributed by atoms with E-state index in [1.807, 2.05) is 42.5 Å². The molecule has 0 aliphatic carbocycles. The number of benzene rings is 1. The summed E-state index contributed by atoms with van der Waals surface area (Å²) in [5, 5.41) is 8.92. The van der Waals surface area contributed by atoms with Crippen LogP contribution in [0.5, 0.6) is 0 Å². The van der Waals surface area contributed by atoms with Gasteiger partial charge in [-0.25, -0.2) is 0 Å². The minimum Gasteiger partial charge on any atom is -0.467 e. The average Bonchev–Trinajstić information content (AvgIpc) is 3.15. The third-order valence-corrected chi connectivity index (χ3v) is 3.28. The second-order valence-electron chi connectivity index (χ2n) is 5.25. The Bertz CT molecular complexity index is 642. The first-order valence-corrected chi connectivity index (χ1v) is 8.17. The maximum absolute atomic E-state index is 11.9. The highest BCUT2D eigenvalue weighted by atomic mass is 16.5. The summed E-state index contributed by atoms with van der Waals surface area (Å²) < 4.78 is 10.7. The van der Waals surface area contributed by atoms with Gasteiger partial charge in [-0.2, -0.15) is 0 Å². The van der Waals surface area contributed by atoms with Crippen LogP contribution in [0, 0.1) is 0 Å². The normalized spacial score (nSPS) is 11.2. The van der Waals surface area contributed by atoms with Gasteiger partial charge in [-0.05, 0) is 30.7 Å². The monoisotopic (exact) mass is 344 g/mol. The number of para-hydroxylation sites is 1. The lowest BCUT2D eigenvalue weighted by molar-refractivity contribution is -0.115. The number of aliphatic imine (C=N–C) groups is 1. The van der Waals surface area contributed by atoms with Gasteiger partial charge >= 0.3 is 0 Å². The predicted molar refractivity (Wildman–Crippen MR) is 97.4 cm³/mol. The molecule has 7 nitrogen and oxygen atoms in total. The molecule has 0 bridgehead atoms. The lowest BCUT2D eigenvalue weighted by atomic mass is 10.3. The van der Waals surface area contributed by atoms with E-state index in [0.29, 0.717) is 25.7 Å². The Kier molecular flexibility index (Phi) is 8.07. The van der Waals surface area contributed by atoms with Crippen molar-refractivity contribution in [3.8, 4) is 0 Å². The van der Waals surface area contributed by atoms with Gasteiger partial charge in [-0.1, -0.05) is 18.2 Å². The number of ether oxygens (including phenoxy) is 1. The number of hydrogen-bond donors (Lipinski definition) is 3. The lowest BCUT2D eigenvalue weighted by Gasteiger charge is -2.12. The van der Waals surface area contributed by atoms with Crippen LogP contribution in [0.3, 0.4) is 0 Å². The molecule has 0 radical (unpaired) electrons. The fraction of sp³-hybridized carbons (Fsp3) is 0.333. The molecule has 0 fully saturated rings. The number of nitrogens with zero attached hydrogens (tertiary/aromatic N) is 1. The zero-order chi connectivity index (χ0) is 17.7. The minimum atomic E-state index is -0.129. The smallest absolute Gasteiger partial charge is 0.243 e. The first kappa shape index (κ1) is 18.5. The molecule has 1 aromatic carbocycles. The fourth-order valence-corrected chi connectivity index (χ4v) is 2.06. The molecule has 7 heteroatoms. The zero-order valence-electron chi connectivity index (χ0n) is 14.3. The Balaban J connectivity index is 1.55. The second kappa shape index (κ2) is 10.9. The molecular formula is C18H24N4O3. The Morgan fingerprint density at radius 2 is 2.00 bits per heavy atom. The number of carbonyl (C=O) groups is 1. The van der Waals surface area contributed by atoms with Gasteiger partial charge < -0.3 is 25.1 Å². The van der Waals surface area contributed by atoms with Gasteiger partial charge in [0.05, 0.1) is 12.8 Å². The largest absolute Gasteiger partial charge is 0.467 e. The SMILES string of the molecule is CN=C(NCCCOCc1ccco1)NCC(=O)Nc1ccccc1. The molecule has 0 saturated heterocycles. The van der Waals surface area contributed by atoms with Gasteiger partial charge in [0.2, 0.25) is 5.91 Å². The third kappa shape index (κ3) is 7.54. The summed E-state index contributed by atoms with van der Waals surface area (Å²) in [5.41, 5.74) is 0.769. The molecule has 134 valence electrons. The molecule has 0 aliphatic rings. The number of carbonyl (C=O) groups excluding carboxylic acids is 1. The molecule has 1 amide bonds. The molecule has 1 heterocycles. The zero-order valence-corrected chi connectivity index (χ0v) is 14.3. The summed E-state index contributed by atoms with van der Waals surface area (Å²) in [6.45, 7) is 1.92. The van der Waals surface area contributed by atoms with E-state index in [-0.39, 0.29) is 12.5 Å². The Morgan fingerprint density at radius 3 is 2.72 bits per heavy atom. The van der Waals surface area contributed by atoms with E-state index < -0.39 is 0 Å². The summed E-state index contributed by atoms with van der Waals surface area (Å²) in [5.74, 6) is 1.26. The highest BCUT2D eigenvalue weighted by molar-refractivity contribution is 5.94. The van der Waals surface area contributed by atoms with Gasteiger partial charge in [0.1, 0.15) is 12.4 Å². The fourth-order valence-electron chi connectivity index (χ4n) is 2.06. The van der Waals surface area contributed by atoms with Crippen LogP contribution in [0.1, 0.15) is 12.2 Å². The van der Waals surface area contributed by atoms with E-state index in [9.17, 15) is 4.79 Å². The van der Waals surface area contributed by atoms with Gasteiger partial charge in [0, 0.05) is 25.9 Å². The van der Waals surface area contributed by atoms with Crippen molar-refractivity contribution in [1.82, 2.24) is 10.6 Å². The predicted octanol–water partition coefficient (Wildman–Crippen LogP) is 1.99. The van der Waals surface area contributed by atoms with E-state index in [0.717, 1.165) is 17.9 Å². The highest BCUT2D eigenvalue weighted by Crippen LogP contribution is 2.04. The standard InChI is InChI=1S/C18H24N4O3/c1-19-18(20-10-6-11-24-14-16-9-5-12-25-16)21-13-17(23)22-15-7-3-2-4-8-15/h2-5,7-9,12H,6,10-11,13-14H2,1H3,(H,22,23)(H2,19,20,21). The first-order chi connectivity index (χ1) is 12.3. The van der Waals surface area contributed by atoms with Crippen molar-refractivity contribution in [2.24, 2.45) is 4.99 Å². The average molecular weight is 344 g/mol. The van der Waals surface area contributed by atoms with Crippen molar-refractivity contribution >= 4 is 17.6 Å². The molecule has 0 unspecified atom stereocenters. The number of hydrogen-bond acceptors (Lipinski definition) is 4. The lowest BCUT2D eigenvalue weighted by Crippen LogP contribution is -2.41. The summed E-state index contributed by atoms with van der Waals surface area (Å²) >= 11 is 0. The van der Waals surface area contributed by atoms with Crippen LogP contribution in [0.25, 0.3) is 0 Å². The van der Waals surface area contributed by atoms with Gasteiger partial charge in [0.15, 0.2) is 5.96 Å². The highest BCUT2D eigenvalue weighted by Gasteiger charge is 2.04. The van der Waals surface area contributed by atoms with Gasteiger partial charge in [0.25, 0.3) is 0 Å². The van der Waals surface area contributed by atoms with Gasteiger partial charge in [-0.15, -0.1) is 0 Å². The molecule has 25 heavy (non-hydrogen) atoms. The number of furan rings is 1.